The van der Waals surface area contributed by atoms with Gasteiger partial charge in [-0.15, -0.1) is 0 Å². The largest absolute Gasteiger partial charge is 0.339 e. The first-order valence-corrected chi connectivity index (χ1v) is 7.27. The Hall–Kier alpha value is -0.900. The van der Waals surface area contributed by atoms with Crippen LogP contribution in [0.25, 0.3) is 0 Å². The van der Waals surface area contributed by atoms with E-state index in [0.29, 0.717) is 0 Å². The molecule has 1 heterocycles. The zero-order valence-electron chi connectivity index (χ0n) is 11.2. The van der Waals surface area contributed by atoms with Crippen LogP contribution in [0, 0.1) is 5.92 Å². The molecule has 1 aromatic rings. The zero-order chi connectivity index (χ0) is 12.6. The number of rotatable bonds is 3. The first-order valence-electron chi connectivity index (χ1n) is 7.27. The van der Waals surface area contributed by atoms with Crippen LogP contribution < -0.4 is 5.73 Å². The van der Waals surface area contributed by atoms with E-state index in [1.165, 1.54) is 32.1 Å². The minimum absolute atomic E-state index is 0.108. The monoisotopic (exact) mass is 249 g/mol. The van der Waals surface area contributed by atoms with Gasteiger partial charge in [-0.1, -0.05) is 37.3 Å². The van der Waals surface area contributed by atoms with Gasteiger partial charge in [0.2, 0.25) is 5.89 Å². The molecule has 0 bridgehead atoms. The minimum atomic E-state index is -0.108. The molecule has 100 valence electrons. The van der Waals surface area contributed by atoms with Crippen molar-refractivity contribution in [1.82, 2.24) is 10.1 Å². The Balaban J connectivity index is 1.74. The summed E-state index contributed by atoms with van der Waals surface area (Å²) in [5.41, 5.74) is 6.16. The van der Waals surface area contributed by atoms with Crippen molar-refractivity contribution in [2.45, 2.75) is 69.7 Å². The third-order valence-corrected chi connectivity index (χ3v) is 4.93. The van der Waals surface area contributed by atoms with E-state index in [4.69, 9.17) is 10.3 Å². The fraction of sp³-hybridized carbons (Fsp3) is 0.857. The maximum Gasteiger partial charge on any atom is 0.234 e. The second kappa shape index (κ2) is 4.65. The molecule has 2 saturated carbocycles. The fourth-order valence-electron chi connectivity index (χ4n) is 3.15. The quantitative estimate of drug-likeness (QED) is 0.894. The average Bonchev–Trinajstić information content (AvgIpc) is 2.77. The van der Waals surface area contributed by atoms with Crippen LogP contribution in [0.5, 0.6) is 0 Å². The van der Waals surface area contributed by atoms with Crippen LogP contribution in [0.3, 0.4) is 0 Å². The molecule has 2 fully saturated rings. The van der Waals surface area contributed by atoms with Gasteiger partial charge >= 0.3 is 0 Å². The summed E-state index contributed by atoms with van der Waals surface area (Å²) in [5, 5.41) is 4.15. The van der Waals surface area contributed by atoms with Crippen LogP contribution in [0.2, 0.25) is 0 Å². The lowest BCUT2D eigenvalue weighted by Crippen LogP contribution is -2.45. The van der Waals surface area contributed by atoms with E-state index < -0.39 is 0 Å². The van der Waals surface area contributed by atoms with Gasteiger partial charge in [0, 0.05) is 12.5 Å². The lowest BCUT2D eigenvalue weighted by atomic mass is 9.72. The highest BCUT2D eigenvalue weighted by Crippen LogP contribution is 2.37. The van der Waals surface area contributed by atoms with E-state index >= 15 is 0 Å². The molecule has 2 atom stereocenters. The molecule has 2 aliphatic carbocycles. The molecule has 0 saturated heterocycles. The molecule has 0 aromatic carbocycles. The molecule has 0 aliphatic heterocycles. The van der Waals surface area contributed by atoms with E-state index in [0.717, 1.165) is 36.9 Å². The SMILES string of the molecule is CC1(c2nc(CC3CCC3)no2)CCCCC1N. The minimum Gasteiger partial charge on any atom is -0.339 e. The molecular formula is C14H23N3O. The Kier molecular flexibility index (Phi) is 3.14. The Morgan fingerprint density at radius 3 is 2.78 bits per heavy atom. The molecule has 2 N–H and O–H groups in total. The third-order valence-electron chi connectivity index (χ3n) is 4.93. The van der Waals surface area contributed by atoms with E-state index in [2.05, 4.69) is 17.1 Å². The van der Waals surface area contributed by atoms with Crippen molar-refractivity contribution in [2.75, 3.05) is 0 Å². The maximum absolute atomic E-state index is 6.27. The number of hydrogen-bond donors (Lipinski definition) is 1. The lowest BCUT2D eigenvalue weighted by Gasteiger charge is -2.35. The standard InChI is InChI=1S/C14H23N3O/c1-14(8-3-2-7-11(14)15)13-16-12(17-18-13)9-10-5-4-6-10/h10-11H,2-9,15H2,1H3. The highest BCUT2D eigenvalue weighted by atomic mass is 16.5. The van der Waals surface area contributed by atoms with Gasteiger partial charge in [-0.2, -0.15) is 4.98 Å². The van der Waals surface area contributed by atoms with Crippen LogP contribution in [0.15, 0.2) is 4.52 Å². The van der Waals surface area contributed by atoms with Gasteiger partial charge in [0.1, 0.15) is 0 Å². The smallest absolute Gasteiger partial charge is 0.234 e. The predicted octanol–water partition coefficient (Wildman–Crippen LogP) is 2.57. The van der Waals surface area contributed by atoms with Crippen molar-refractivity contribution in [1.29, 1.82) is 0 Å². The summed E-state index contributed by atoms with van der Waals surface area (Å²) in [6, 6.07) is 0.156. The third kappa shape index (κ3) is 2.07. The summed E-state index contributed by atoms with van der Waals surface area (Å²) < 4.78 is 5.51. The summed E-state index contributed by atoms with van der Waals surface area (Å²) in [6.07, 6.45) is 9.55. The second-order valence-corrected chi connectivity index (χ2v) is 6.29. The van der Waals surface area contributed by atoms with Gasteiger partial charge in [-0.25, -0.2) is 0 Å². The van der Waals surface area contributed by atoms with Crippen molar-refractivity contribution >= 4 is 0 Å². The number of nitrogens with zero attached hydrogens (tertiary/aromatic N) is 2. The summed E-state index contributed by atoms with van der Waals surface area (Å²) in [5.74, 6) is 2.43. The Bertz CT molecular complexity index is 413. The van der Waals surface area contributed by atoms with Crippen molar-refractivity contribution in [3.05, 3.63) is 11.7 Å². The molecule has 2 aliphatic rings. The van der Waals surface area contributed by atoms with Gasteiger partial charge in [0.15, 0.2) is 5.82 Å². The van der Waals surface area contributed by atoms with Crippen LogP contribution in [0.4, 0.5) is 0 Å². The molecule has 0 spiro atoms. The lowest BCUT2D eigenvalue weighted by molar-refractivity contribution is 0.202. The fourth-order valence-corrected chi connectivity index (χ4v) is 3.15. The normalized spacial score (nSPS) is 33.3. The summed E-state index contributed by atoms with van der Waals surface area (Å²) in [7, 11) is 0. The second-order valence-electron chi connectivity index (χ2n) is 6.29. The summed E-state index contributed by atoms with van der Waals surface area (Å²) in [4.78, 5) is 4.62. The molecule has 0 amide bonds. The molecule has 0 radical (unpaired) electrons. The van der Waals surface area contributed by atoms with Gasteiger partial charge in [-0.3, -0.25) is 0 Å². The highest BCUT2D eigenvalue weighted by molar-refractivity contribution is 5.10. The summed E-state index contributed by atoms with van der Waals surface area (Å²) >= 11 is 0. The molecule has 4 heteroatoms. The van der Waals surface area contributed by atoms with Crippen molar-refractivity contribution in [3.8, 4) is 0 Å². The van der Waals surface area contributed by atoms with Crippen molar-refractivity contribution in [2.24, 2.45) is 11.7 Å². The van der Waals surface area contributed by atoms with Crippen LogP contribution in [0.1, 0.15) is 63.6 Å². The Labute approximate surface area is 108 Å². The molecule has 2 unspecified atom stereocenters. The van der Waals surface area contributed by atoms with Gasteiger partial charge in [-0.05, 0) is 25.7 Å². The predicted molar refractivity (Wildman–Crippen MR) is 69.1 cm³/mol. The van der Waals surface area contributed by atoms with E-state index in [9.17, 15) is 0 Å². The number of aromatic nitrogens is 2. The van der Waals surface area contributed by atoms with Crippen LogP contribution >= 0.6 is 0 Å². The Morgan fingerprint density at radius 2 is 2.11 bits per heavy atom. The molecule has 1 aromatic heterocycles. The number of hydrogen-bond acceptors (Lipinski definition) is 4. The van der Waals surface area contributed by atoms with Gasteiger partial charge in [0.25, 0.3) is 0 Å². The molecule has 18 heavy (non-hydrogen) atoms. The van der Waals surface area contributed by atoms with E-state index in [1.807, 2.05) is 0 Å². The van der Waals surface area contributed by atoms with Crippen LogP contribution in [-0.2, 0) is 11.8 Å². The van der Waals surface area contributed by atoms with Crippen molar-refractivity contribution in [3.63, 3.8) is 0 Å². The van der Waals surface area contributed by atoms with Crippen LogP contribution in [-0.4, -0.2) is 16.2 Å². The average molecular weight is 249 g/mol. The van der Waals surface area contributed by atoms with Gasteiger partial charge < -0.3 is 10.3 Å². The van der Waals surface area contributed by atoms with E-state index in [-0.39, 0.29) is 11.5 Å². The molecular weight excluding hydrogens is 226 g/mol. The zero-order valence-corrected chi connectivity index (χ0v) is 11.2. The molecule has 3 rings (SSSR count). The number of nitrogens with two attached hydrogens (primary N) is 1. The van der Waals surface area contributed by atoms with Crippen molar-refractivity contribution < 1.29 is 4.52 Å². The first-order chi connectivity index (χ1) is 8.68. The maximum atomic E-state index is 6.27. The summed E-state index contributed by atoms with van der Waals surface area (Å²) in [6.45, 7) is 2.18. The highest BCUT2D eigenvalue weighted by Gasteiger charge is 2.40. The molecule has 4 nitrogen and oxygen atoms in total. The van der Waals surface area contributed by atoms with Gasteiger partial charge in [0.05, 0.1) is 5.41 Å². The topological polar surface area (TPSA) is 64.9 Å². The first kappa shape index (κ1) is 12.2. The van der Waals surface area contributed by atoms with E-state index in [1.54, 1.807) is 0 Å². The Morgan fingerprint density at radius 1 is 1.28 bits per heavy atom.